The highest BCUT2D eigenvalue weighted by Gasteiger charge is 2.05. The van der Waals surface area contributed by atoms with Crippen molar-refractivity contribution >= 4 is 23.2 Å². The number of rotatable bonds is 5. The highest BCUT2D eigenvalue weighted by atomic mass is 35.5. The molecular weight excluding hydrogens is 243 g/mol. The smallest absolute Gasteiger partial charge is 0.0465 e. The van der Waals surface area contributed by atoms with Crippen LogP contribution in [0.2, 0.25) is 10.0 Å². The Morgan fingerprint density at radius 3 is 2.56 bits per heavy atom. The first-order chi connectivity index (χ1) is 7.50. The Kier molecular flexibility index (Phi) is 5.56. The van der Waals surface area contributed by atoms with Crippen LogP contribution in [0.4, 0.5) is 0 Å². The van der Waals surface area contributed by atoms with Gasteiger partial charge in [0.1, 0.15) is 0 Å². The van der Waals surface area contributed by atoms with Crippen LogP contribution in [0.3, 0.4) is 0 Å². The normalized spacial score (nSPS) is 13.1. The molecule has 1 unspecified atom stereocenters. The summed E-state index contributed by atoms with van der Waals surface area (Å²) in [5.74, 6) is 0. The van der Waals surface area contributed by atoms with E-state index in [9.17, 15) is 0 Å². The van der Waals surface area contributed by atoms with Gasteiger partial charge in [0.05, 0.1) is 0 Å². The van der Waals surface area contributed by atoms with Gasteiger partial charge in [-0.2, -0.15) is 0 Å². The average Bonchev–Trinajstić information content (AvgIpc) is 2.20. The van der Waals surface area contributed by atoms with E-state index < -0.39 is 0 Å². The van der Waals surface area contributed by atoms with Gasteiger partial charge in [-0.15, -0.1) is 0 Å². The zero-order chi connectivity index (χ0) is 12.1. The van der Waals surface area contributed by atoms with Gasteiger partial charge in [-0.05, 0) is 38.7 Å². The Bertz CT molecular complexity index is 340. The van der Waals surface area contributed by atoms with Gasteiger partial charge in [0.15, 0.2) is 0 Å². The standard InChI is InChI=1S/C12H18Cl2N2/c1-9(16(2)3)7-15-8-10-4-5-11(13)6-12(10)14/h4-6,9,15H,7-8H2,1-3H3. The van der Waals surface area contributed by atoms with Gasteiger partial charge >= 0.3 is 0 Å². The summed E-state index contributed by atoms with van der Waals surface area (Å²) in [4.78, 5) is 2.18. The van der Waals surface area contributed by atoms with Crippen LogP contribution in [0, 0.1) is 0 Å². The molecule has 0 spiro atoms. The zero-order valence-electron chi connectivity index (χ0n) is 9.93. The number of hydrogen-bond acceptors (Lipinski definition) is 2. The highest BCUT2D eigenvalue weighted by molar-refractivity contribution is 6.35. The summed E-state index contributed by atoms with van der Waals surface area (Å²) in [5.41, 5.74) is 1.08. The third-order valence-electron chi connectivity index (χ3n) is 2.65. The van der Waals surface area contributed by atoms with Crippen molar-refractivity contribution in [3.63, 3.8) is 0 Å². The molecular formula is C12H18Cl2N2. The minimum atomic E-state index is 0.506. The monoisotopic (exact) mass is 260 g/mol. The lowest BCUT2D eigenvalue weighted by Crippen LogP contribution is -2.35. The zero-order valence-corrected chi connectivity index (χ0v) is 11.4. The van der Waals surface area contributed by atoms with E-state index in [4.69, 9.17) is 23.2 Å². The molecule has 0 saturated carbocycles. The number of hydrogen-bond donors (Lipinski definition) is 1. The van der Waals surface area contributed by atoms with Crippen LogP contribution < -0.4 is 5.32 Å². The van der Waals surface area contributed by atoms with Crippen molar-refractivity contribution in [3.8, 4) is 0 Å². The van der Waals surface area contributed by atoms with Crippen molar-refractivity contribution in [2.45, 2.75) is 19.5 Å². The molecule has 1 aromatic carbocycles. The van der Waals surface area contributed by atoms with Crippen molar-refractivity contribution in [1.29, 1.82) is 0 Å². The van der Waals surface area contributed by atoms with Crippen LogP contribution in [0.1, 0.15) is 12.5 Å². The van der Waals surface area contributed by atoms with E-state index in [-0.39, 0.29) is 0 Å². The molecule has 90 valence electrons. The van der Waals surface area contributed by atoms with Gasteiger partial charge in [0, 0.05) is 29.2 Å². The molecule has 2 nitrogen and oxygen atoms in total. The van der Waals surface area contributed by atoms with E-state index in [1.165, 1.54) is 0 Å². The molecule has 1 atom stereocenters. The first-order valence-corrected chi connectivity index (χ1v) is 6.07. The molecule has 0 saturated heterocycles. The van der Waals surface area contributed by atoms with Crippen LogP contribution in [0.5, 0.6) is 0 Å². The molecule has 0 bridgehead atoms. The van der Waals surface area contributed by atoms with Crippen LogP contribution in [0.15, 0.2) is 18.2 Å². The first-order valence-electron chi connectivity index (χ1n) is 5.31. The third-order valence-corrected chi connectivity index (χ3v) is 3.24. The summed E-state index contributed by atoms with van der Waals surface area (Å²) in [7, 11) is 4.14. The minimum absolute atomic E-state index is 0.506. The van der Waals surface area contributed by atoms with Crippen LogP contribution in [-0.4, -0.2) is 31.6 Å². The molecule has 0 aliphatic rings. The molecule has 16 heavy (non-hydrogen) atoms. The molecule has 0 heterocycles. The summed E-state index contributed by atoms with van der Waals surface area (Å²) < 4.78 is 0. The number of likely N-dealkylation sites (N-methyl/N-ethyl adjacent to an activating group) is 1. The lowest BCUT2D eigenvalue weighted by molar-refractivity contribution is 0.302. The Morgan fingerprint density at radius 1 is 1.31 bits per heavy atom. The fourth-order valence-electron chi connectivity index (χ4n) is 1.26. The summed E-state index contributed by atoms with van der Waals surface area (Å²) in [5, 5.41) is 4.77. The molecule has 0 aliphatic heterocycles. The maximum absolute atomic E-state index is 6.07. The summed E-state index contributed by atoms with van der Waals surface area (Å²) in [6.07, 6.45) is 0. The maximum Gasteiger partial charge on any atom is 0.0465 e. The van der Waals surface area contributed by atoms with Crippen LogP contribution in [0.25, 0.3) is 0 Å². The molecule has 1 N–H and O–H groups in total. The van der Waals surface area contributed by atoms with Crippen molar-refractivity contribution in [3.05, 3.63) is 33.8 Å². The first kappa shape index (κ1) is 13.8. The topological polar surface area (TPSA) is 15.3 Å². The Balaban J connectivity index is 2.43. The fraction of sp³-hybridized carbons (Fsp3) is 0.500. The molecule has 1 rings (SSSR count). The number of halogens is 2. The van der Waals surface area contributed by atoms with Crippen LogP contribution in [-0.2, 0) is 6.54 Å². The van der Waals surface area contributed by atoms with Crippen LogP contribution >= 0.6 is 23.2 Å². The largest absolute Gasteiger partial charge is 0.311 e. The number of nitrogens with one attached hydrogen (secondary N) is 1. The van der Waals surface area contributed by atoms with E-state index >= 15 is 0 Å². The predicted octanol–water partition coefficient (Wildman–Crippen LogP) is 3.03. The molecule has 0 radical (unpaired) electrons. The Labute approximate surface area is 108 Å². The predicted molar refractivity (Wildman–Crippen MR) is 71.3 cm³/mol. The second kappa shape index (κ2) is 6.45. The van der Waals surface area contributed by atoms with Crippen molar-refractivity contribution in [2.75, 3.05) is 20.6 Å². The van der Waals surface area contributed by atoms with E-state index in [2.05, 4.69) is 31.2 Å². The molecule has 0 aromatic heterocycles. The van der Waals surface area contributed by atoms with Gasteiger partial charge in [0.25, 0.3) is 0 Å². The average molecular weight is 261 g/mol. The van der Waals surface area contributed by atoms with Gasteiger partial charge in [-0.25, -0.2) is 0 Å². The lowest BCUT2D eigenvalue weighted by Gasteiger charge is -2.20. The number of nitrogens with zero attached hydrogens (tertiary/aromatic N) is 1. The highest BCUT2D eigenvalue weighted by Crippen LogP contribution is 2.20. The van der Waals surface area contributed by atoms with E-state index in [0.717, 1.165) is 23.7 Å². The molecule has 1 aromatic rings. The molecule has 4 heteroatoms. The SMILES string of the molecule is CC(CNCc1ccc(Cl)cc1Cl)N(C)C. The summed E-state index contributed by atoms with van der Waals surface area (Å²) in [6.45, 7) is 3.89. The minimum Gasteiger partial charge on any atom is -0.311 e. The van der Waals surface area contributed by atoms with Gasteiger partial charge in [0.2, 0.25) is 0 Å². The van der Waals surface area contributed by atoms with Crippen molar-refractivity contribution in [2.24, 2.45) is 0 Å². The van der Waals surface area contributed by atoms with Crippen molar-refractivity contribution < 1.29 is 0 Å². The maximum atomic E-state index is 6.07. The third kappa shape index (κ3) is 4.30. The Morgan fingerprint density at radius 2 is 2.00 bits per heavy atom. The van der Waals surface area contributed by atoms with E-state index in [1.807, 2.05) is 12.1 Å². The molecule has 0 fully saturated rings. The van der Waals surface area contributed by atoms with Gasteiger partial charge in [-0.1, -0.05) is 29.3 Å². The summed E-state index contributed by atoms with van der Waals surface area (Å²) in [6, 6.07) is 6.10. The van der Waals surface area contributed by atoms with Gasteiger partial charge in [-0.3, -0.25) is 0 Å². The van der Waals surface area contributed by atoms with E-state index in [0.29, 0.717) is 11.1 Å². The Hall–Kier alpha value is -0.280. The van der Waals surface area contributed by atoms with Gasteiger partial charge < -0.3 is 10.2 Å². The summed E-state index contributed by atoms with van der Waals surface area (Å²) >= 11 is 11.9. The number of benzene rings is 1. The lowest BCUT2D eigenvalue weighted by atomic mass is 10.2. The van der Waals surface area contributed by atoms with E-state index in [1.54, 1.807) is 6.07 Å². The quantitative estimate of drug-likeness (QED) is 0.876. The fourth-order valence-corrected chi connectivity index (χ4v) is 1.74. The second-order valence-corrected chi connectivity index (χ2v) is 5.02. The molecule has 0 amide bonds. The van der Waals surface area contributed by atoms with Crippen molar-refractivity contribution in [1.82, 2.24) is 10.2 Å². The second-order valence-electron chi connectivity index (χ2n) is 4.18. The molecule has 0 aliphatic carbocycles.